The van der Waals surface area contributed by atoms with Crippen LogP contribution < -0.4 is 5.73 Å². The molecule has 0 aliphatic heterocycles. The largest absolute Gasteiger partial charge is 0.481 e. The third-order valence-corrected chi connectivity index (χ3v) is 2.63. The Kier molecular flexibility index (Phi) is 4.12. The summed E-state index contributed by atoms with van der Waals surface area (Å²) < 4.78 is 0. The van der Waals surface area contributed by atoms with Gasteiger partial charge in [0.05, 0.1) is 6.42 Å². The van der Waals surface area contributed by atoms with Gasteiger partial charge in [0.1, 0.15) is 0 Å². The molecule has 1 aromatic rings. The molecule has 4 heteroatoms. The number of carboxylic acids is 1. The van der Waals surface area contributed by atoms with Crippen LogP contribution in [0.2, 0.25) is 5.02 Å². The molecule has 0 aliphatic rings. The molecule has 0 saturated carbocycles. The fraction of sp³-hybridized carbons (Fsp3) is 0.364. The van der Waals surface area contributed by atoms with Crippen molar-refractivity contribution in [1.82, 2.24) is 0 Å². The van der Waals surface area contributed by atoms with Crippen LogP contribution in [0, 0.1) is 0 Å². The number of benzene rings is 1. The van der Waals surface area contributed by atoms with Gasteiger partial charge in [0.2, 0.25) is 0 Å². The Hall–Kier alpha value is -1.06. The van der Waals surface area contributed by atoms with Crippen LogP contribution in [0.3, 0.4) is 0 Å². The summed E-state index contributed by atoms with van der Waals surface area (Å²) >= 11 is 6.02. The predicted octanol–water partition coefficient (Wildman–Crippen LogP) is 1.99. The van der Waals surface area contributed by atoms with Crippen molar-refractivity contribution >= 4 is 17.6 Å². The first-order valence-corrected chi connectivity index (χ1v) is 5.18. The zero-order valence-corrected chi connectivity index (χ0v) is 9.34. The monoisotopic (exact) mass is 227 g/mol. The number of nitrogens with two attached hydrogens (primary N) is 1. The Labute approximate surface area is 93.9 Å². The maximum absolute atomic E-state index is 10.7. The van der Waals surface area contributed by atoms with E-state index >= 15 is 0 Å². The highest BCUT2D eigenvalue weighted by atomic mass is 35.5. The number of carboxylic acid groups (broad SMARTS) is 1. The number of carbonyl (C=O) groups is 1. The Bertz CT molecular complexity index is 377. The minimum Gasteiger partial charge on any atom is -0.481 e. The zero-order valence-electron chi connectivity index (χ0n) is 8.59. The molecular formula is C11H14ClNO2. The summed E-state index contributed by atoms with van der Waals surface area (Å²) in [5.74, 6) is -0.868. The van der Waals surface area contributed by atoms with E-state index in [1.54, 1.807) is 6.07 Å². The van der Waals surface area contributed by atoms with Gasteiger partial charge >= 0.3 is 5.97 Å². The minimum absolute atomic E-state index is 0.0349. The molecule has 1 aromatic carbocycles. The first-order chi connectivity index (χ1) is 7.08. The fourth-order valence-corrected chi connectivity index (χ4v) is 1.87. The molecule has 15 heavy (non-hydrogen) atoms. The van der Waals surface area contributed by atoms with E-state index < -0.39 is 5.97 Å². The molecule has 0 saturated heterocycles. The Balaban J connectivity index is 3.18. The Morgan fingerprint density at radius 3 is 2.67 bits per heavy atom. The van der Waals surface area contributed by atoms with E-state index in [-0.39, 0.29) is 6.42 Å². The van der Waals surface area contributed by atoms with Gasteiger partial charge in [-0.3, -0.25) is 4.79 Å². The molecule has 0 aliphatic carbocycles. The number of hydrogen-bond donors (Lipinski definition) is 2. The number of aliphatic carboxylic acids is 1. The fourth-order valence-electron chi connectivity index (χ4n) is 1.54. The molecule has 0 heterocycles. The first-order valence-electron chi connectivity index (χ1n) is 4.80. The highest BCUT2D eigenvalue weighted by Gasteiger charge is 2.11. The minimum atomic E-state index is -0.868. The average molecular weight is 228 g/mol. The summed E-state index contributed by atoms with van der Waals surface area (Å²) in [6, 6.07) is 3.66. The number of halogens is 1. The predicted molar refractivity (Wildman–Crippen MR) is 60.1 cm³/mol. The number of hydrogen-bond acceptors (Lipinski definition) is 2. The van der Waals surface area contributed by atoms with Crippen LogP contribution >= 0.6 is 11.6 Å². The quantitative estimate of drug-likeness (QED) is 0.827. The molecule has 0 radical (unpaired) electrons. The molecule has 0 bridgehead atoms. The van der Waals surface area contributed by atoms with Crippen molar-refractivity contribution in [3.05, 3.63) is 33.8 Å². The SMILES string of the molecule is CCc1cc(CN)cc(Cl)c1CC(=O)O. The maximum atomic E-state index is 10.7. The third-order valence-electron chi connectivity index (χ3n) is 2.29. The molecule has 0 aromatic heterocycles. The molecule has 0 unspecified atom stereocenters. The van der Waals surface area contributed by atoms with Gasteiger partial charge in [0.25, 0.3) is 0 Å². The second-order valence-corrected chi connectivity index (χ2v) is 3.75. The van der Waals surface area contributed by atoms with Crippen molar-refractivity contribution < 1.29 is 9.90 Å². The highest BCUT2D eigenvalue weighted by Crippen LogP contribution is 2.23. The van der Waals surface area contributed by atoms with Crippen LogP contribution in [0.1, 0.15) is 23.6 Å². The normalized spacial score (nSPS) is 10.3. The summed E-state index contributed by atoms with van der Waals surface area (Å²) in [7, 11) is 0. The molecule has 0 spiro atoms. The van der Waals surface area contributed by atoms with Crippen molar-refractivity contribution in [3.8, 4) is 0 Å². The van der Waals surface area contributed by atoms with Gasteiger partial charge in [-0.2, -0.15) is 0 Å². The maximum Gasteiger partial charge on any atom is 0.307 e. The Morgan fingerprint density at radius 2 is 2.20 bits per heavy atom. The lowest BCUT2D eigenvalue weighted by molar-refractivity contribution is -0.136. The van der Waals surface area contributed by atoms with Gasteiger partial charge in [-0.25, -0.2) is 0 Å². The zero-order chi connectivity index (χ0) is 11.4. The standard InChI is InChI=1S/C11H14ClNO2/c1-2-8-3-7(6-13)4-10(12)9(8)5-11(14)15/h3-4H,2,5-6,13H2,1H3,(H,14,15). The smallest absolute Gasteiger partial charge is 0.307 e. The second-order valence-electron chi connectivity index (χ2n) is 3.34. The lowest BCUT2D eigenvalue weighted by atomic mass is 9.99. The van der Waals surface area contributed by atoms with Gasteiger partial charge in [-0.05, 0) is 29.2 Å². The van der Waals surface area contributed by atoms with E-state index in [0.717, 1.165) is 17.5 Å². The molecule has 1 rings (SSSR count). The van der Waals surface area contributed by atoms with Gasteiger partial charge in [0, 0.05) is 11.6 Å². The van der Waals surface area contributed by atoms with Crippen molar-refractivity contribution in [2.24, 2.45) is 5.73 Å². The summed E-state index contributed by atoms with van der Waals surface area (Å²) in [4.78, 5) is 10.7. The highest BCUT2D eigenvalue weighted by molar-refractivity contribution is 6.31. The van der Waals surface area contributed by atoms with Gasteiger partial charge in [-0.1, -0.05) is 24.6 Å². The van der Waals surface area contributed by atoms with Crippen LogP contribution in [-0.2, 0) is 24.2 Å². The lowest BCUT2D eigenvalue weighted by Crippen LogP contribution is -2.06. The summed E-state index contributed by atoms with van der Waals surface area (Å²) in [5, 5.41) is 9.25. The third kappa shape index (κ3) is 2.94. The van der Waals surface area contributed by atoms with Gasteiger partial charge < -0.3 is 10.8 Å². The van der Waals surface area contributed by atoms with Crippen molar-refractivity contribution in [2.75, 3.05) is 0 Å². The Morgan fingerprint density at radius 1 is 1.53 bits per heavy atom. The molecular weight excluding hydrogens is 214 g/mol. The topological polar surface area (TPSA) is 63.3 Å². The van der Waals surface area contributed by atoms with Gasteiger partial charge in [0.15, 0.2) is 0 Å². The van der Waals surface area contributed by atoms with Crippen molar-refractivity contribution in [2.45, 2.75) is 26.3 Å². The van der Waals surface area contributed by atoms with E-state index in [1.807, 2.05) is 13.0 Å². The van der Waals surface area contributed by atoms with Crippen LogP contribution in [0.15, 0.2) is 12.1 Å². The van der Waals surface area contributed by atoms with Crippen LogP contribution in [-0.4, -0.2) is 11.1 Å². The van der Waals surface area contributed by atoms with E-state index in [1.165, 1.54) is 0 Å². The first kappa shape index (κ1) is 12.0. The van der Waals surface area contributed by atoms with Crippen molar-refractivity contribution in [3.63, 3.8) is 0 Å². The van der Waals surface area contributed by atoms with E-state index in [4.69, 9.17) is 22.4 Å². The van der Waals surface area contributed by atoms with E-state index in [0.29, 0.717) is 17.1 Å². The van der Waals surface area contributed by atoms with E-state index in [2.05, 4.69) is 0 Å². The number of rotatable bonds is 4. The van der Waals surface area contributed by atoms with E-state index in [9.17, 15) is 4.79 Å². The molecule has 3 N–H and O–H groups in total. The molecule has 0 amide bonds. The summed E-state index contributed by atoms with van der Waals surface area (Å²) in [6.45, 7) is 2.39. The lowest BCUT2D eigenvalue weighted by Gasteiger charge is -2.10. The molecule has 0 fully saturated rings. The molecule has 0 atom stereocenters. The van der Waals surface area contributed by atoms with Crippen LogP contribution in [0.5, 0.6) is 0 Å². The summed E-state index contributed by atoms with van der Waals surface area (Å²) in [6.07, 6.45) is 0.725. The van der Waals surface area contributed by atoms with Crippen LogP contribution in [0.4, 0.5) is 0 Å². The van der Waals surface area contributed by atoms with Crippen molar-refractivity contribution in [1.29, 1.82) is 0 Å². The number of aryl methyl sites for hydroxylation is 1. The average Bonchev–Trinajstić information content (AvgIpc) is 2.20. The molecule has 3 nitrogen and oxygen atoms in total. The van der Waals surface area contributed by atoms with Crippen LogP contribution in [0.25, 0.3) is 0 Å². The summed E-state index contributed by atoms with van der Waals surface area (Å²) in [5.41, 5.74) is 8.12. The van der Waals surface area contributed by atoms with Gasteiger partial charge in [-0.15, -0.1) is 0 Å². The molecule has 82 valence electrons. The second kappa shape index (κ2) is 5.14.